The summed E-state index contributed by atoms with van der Waals surface area (Å²) in [6.45, 7) is 15.9. The summed E-state index contributed by atoms with van der Waals surface area (Å²) < 4.78 is 74.2. The van der Waals surface area contributed by atoms with E-state index in [0.29, 0.717) is 49.1 Å². The van der Waals surface area contributed by atoms with Gasteiger partial charge in [0.25, 0.3) is 0 Å². The molecule has 15 nitrogen and oxygen atoms in total. The molecule has 0 saturated carbocycles. The maximum Gasteiger partial charge on any atom is 0.410 e. The van der Waals surface area contributed by atoms with Crippen molar-refractivity contribution in [1.29, 1.82) is 0 Å². The fraction of sp³-hybridized carbons (Fsp3) is 0.347. The van der Waals surface area contributed by atoms with Crippen molar-refractivity contribution in [3.63, 3.8) is 0 Å². The van der Waals surface area contributed by atoms with Gasteiger partial charge < -0.3 is 35.5 Å². The molecule has 2 aliphatic heterocycles. The monoisotopic (exact) mass is 940 g/mol. The van der Waals surface area contributed by atoms with Crippen LogP contribution in [0.4, 0.5) is 16.2 Å². The van der Waals surface area contributed by atoms with Crippen molar-refractivity contribution < 1.29 is 40.6 Å². The highest BCUT2D eigenvalue weighted by atomic mass is 32.2. The summed E-state index contributed by atoms with van der Waals surface area (Å²) in [5.41, 5.74) is 11.0. The van der Waals surface area contributed by atoms with Gasteiger partial charge >= 0.3 is 6.09 Å². The molecule has 0 aromatic heterocycles. The molecule has 2 fully saturated rings. The minimum Gasteiger partial charge on any atom is -0.456 e. The van der Waals surface area contributed by atoms with Gasteiger partial charge in [-0.2, -0.15) is 8.61 Å². The highest BCUT2D eigenvalue weighted by Gasteiger charge is 2.34. The van der Waals surface area contributed by atoms with Crippen LogP contribution in [0.15, 0.2) is 113 Å². The third-order valence-electron chi connectivity index (χ3n) is 10.5. The molecule has 0 radical (unpaired) electrons. The average molecular weight is 941 g/mol. The molecule has 4 N–H and O–H groups in total. The topological polar surface area (TPSA) is 190 Å². The number of amides is 2. The van der Waals surface area contributed by atoms with E-state index in [1.165, 1.54) is 25.6 Å². The molecule has 2 saturated heterocycles. The number of ether oxygens (including phenoxy) is 3. The summed E-state index contributed by atoms with van der Waals surface area (Å²) >= 11 is 0. The van der Waals surface area contributed by atoms with Crippen LogP contribution < -0.4 is 25.8 Å². The average Bonchev–Trinajstić information content (AvgIpc) is 3.24. The lowest BCUT2D eigenvalue weighted by Crippen LogP contribution is -2.51. The fourth-order valence-electron chi connectivity index (χ4n) is 7.51. The molecule has 17 heteroatoms. The number of piperazine rings is 2. The molecule has 0 atom stereocenters. The van der Waals surface area contributed by atoms with Crippen molar-refractivity contribution in [3.8, 4) is 23.0 Å². The molecule has 0 spiro atoms. The second kappa shape index (κ2) is 21.1. The van der Waals surface area contributed by atoms with Crippen LogP contribution in [0, 0.1) is 27.7 Å². The van der Waals surface area contributed by atoms with E-state index in [0.717, 1.165) is 27.8 Å². The largest absolute Gasteiger partial charge is 0.456 e. The Kier molecular flexibility index (Phi) is 15.8. The van der Waals surface area contributed by atoms with Crippen LogP contribution in [0.1, 0.15) is 48.6 Å². The molecule has 0 unspecified atom stereocenters. The predicted octanol–water partition coefficient (Wildman–Crippen LogP) is 7.79. The summed E-state index contributed by atoms with van der Waals surface area (Å²) in [7, 11) is -7.72. The molecule has 7 rings (SSSR count). The number of hydrogen-bond donors (Lipinski definition) is 3. The Balaban J connectivity index is 0.000000219. The first-order chi connectivity index (χ1) is 31.2. The van der Waals surface area contributed by atoms with Crippen molar-refractivity contribution in [2.75, 3.05) is 63.4 Å². The van der Waals surface area contributed by atoms with Crippen LogP contribution in [-0.4, -0.2) is 100 Å². The van der Waals surface area contributed by atoms with Crippen LogP contribution in [-0.2, 0) is 36.0 Å². The van der Waals surface area contributed by atoms with Crippen LogP contribution >= 0.6 is 0 Å². The number of benzene rings is 5. The fourth-order valence-corrected chi connectivity index (χ4v) is 10.7. The number of carbonyl (C=O) groups excluding carboxylic acids is 2. The molecule has 5 aromatic rings. The lowest BCUT2D eigenvalue weighted by Gasteiger charge is -2.35. The number of hydrogen-bond acceptors (Lipinski definition) is 11. The maximum atomic E-state index is 13.6. The standard InChI is InChI=1S/C26H29N3O4S.C23H31N3O5S/c1-19-14-20(2)16-23(15-19)33-24-9-8-22(28-26(30)17-21-6-4-3-5-7-21)18-25(24)34(31,32)29-12-10-27-11-13-29;1-16-12-17(2)14-19(13-16)30-20-7-6-18(24)15-21(20)32(28,29)26-10-8-25(9-11-26)22(27)31-23(3,4)5/h3-9,14-16,18,27H,10-13,17H2,1-2H3,(H,28,30);6-7,12-15H,8-11,24H2,1-5H3. The Hall–Kier alpha value is -5.98. The van der Waals surface area contributed by atoms with E-state index >= 15 is 0 Å². The van der Waals surface area contributed by atoms with E-state index in [2.05, 4.69) is 10.6 Å². The maximum absolute atomic E-state index is 13.6. The summed E-state index contributed by atoms with van der Waals surface area (Å²) in [6.07, 6.45) is -0.251. The summed E-state index contributed by atoms with van der Waals surface area (Å²) in [4.78, 5) is 26.4. The Morgan fingerprint density at radius 2 is 1.12 bits per heavy atom. The first-order valence-corrected chi connectivity index (χ1v) is 24.6. The molecule has 2 amide bonds. The van der Waals surface area contributed by atoms with Crippen LogP contribution in [0.25, 0.3) is 0 Å². The number of nitrogens with one attached hydrogen (secondary N) is 2. The molecule has 2 aliphatic rings. The zero-order valence-corrected chi connectivity index (χ0v) is 40.2. The highest BCUT2D eigenvalue weighted by Crippen LogP contribution is 2.36. The zero-order valence-electron chi connectivity index (χ0n) is 38.6. The lowest BCUT2D eigenvalue weighted by atomic mass is 10.1. The van der Waals surface area contributed by atoms with E-state index < -0.39 is 31.7 Å². The van der Waals surface area contributed by atoms with E-state index in [1.54, 1.807) is 45.0 Å². The smallest absolute Gasteiger partial charge is 0.410 e. The Bertz CT molecular complexity index is 2710. The molecule has 0 aliphatic carbocycles. The van der Waals surface area contributed by atoms with Crippen LogP contribution in [0.3, 0.4) is 0 Å². The van der Waals surface area contributed by atoms with Crippen molar-refractivity contribution in [3.05, 3.63) is 131 Å². The first kappa shape index (κ1) is 49.5. The predicted molar refractivity (Wildman–Crippen MR) is 256 cm³/mol. The number of nitrogen functional groups attached to an aromatic ring is 1. The number of sulfonamides is 2. The van der Waals surface area contributed by atoms with Gasteiger partial charge in [0.1, 0.15) is 38.4 Å². The number of carbonyl (C=O) groups is 2. The SMILES string of the molecule is Cc1cc(C)cc(Oc2ccc(N)cc2S(=O)(=O)N2CCN(C(=O)OC(C)(C)C)CC2)c1.Cc1cc(C)cc(Oc2ccc(NC(=O)Cc3ccccc3)cc2S(=O)(=O)N2CCNCC2)c1. The summed E-state index contributed by atoms with van der Waals surface area (Å²) in [6, 6.07) is 30.2. The highest BCUT2D eigenvalue weighted by molar-refractivity contribution is 7.89. The third kappa shape index (κ3) is 13.3. The second-order valence-corrected chi connectivity index (χ2v) is 21.3. The number of nitrogens with zero attached hydrogens (tertiary/aromatic N) is 3. The number of rotatable bonds is 11. The molecular weight excluding hydrogens is 881 g/mol. The molecule has 66 heavy (non-hydrogen) atoms. The number of nitrogens with two attached hydrogens (primary N) is 1. The van der Waals surface area contributed by atoms with Gasteiger partial charge in [-0.25, -0.2) is 21.6 Å². The first-order valence-electron chi connectivity index (χ1n) is 21.7. The van der Waals surface area contributed by atoms with Crippen molar-refractivity contribution >= 4 is 43.4 Å². The van der Waals surface area contributed by atoms with E-state index in [9.17, 15) is 26.4 Å². The zero-order chi connectivity index (χ0) is 47.8. The molecule has 2 heterocycles. The molecule has 0 bridgehead atoms. The minimum absolute atomic E-state index is 0.00220. The third-order valence-corrected chi connectivity index (χ3v) is 14.3. The van der Waals surface area contributed by atoms with Crippen LogP contribution in [0.2, 0.25) is 0 Å². The minimum atomic E-state index is -3.89. The van der Waals surface area contributed by atoms with Gasteiger partial charge in [0.15, 0.2) is 0 Å². The van der Waals surface area contributed by atoms with Gasteiger partial charge in [-0.05, 0) is 137 Å². The van der Waals surface area contributed by atoms with Gasteiger partial charge in [0, 0.05) is 63.7 Å². The van der Waals surface area contributed by atoms with Crippen molar-refractivity contribution in [1.82, 2.24) is 18.8 Å². The van der Waals surface area contributed by atoms with Gasteiger partial charge in [-0.1, -0.05) is 42.5 Å². The second-order valence-electron chi connectivity index (χ2n) is 17.5. The van der Waals surface area contributed by atoms with E-state index in [1.807, 2.05) is 94.4 Å². The normalized spacial score (nSPS) is 15.0. The Morgan fingerprint density at radius 3 is 1.64 bits per heavy atom. The summed E-state index contributed by atoms with van der Waals surface area (Å²) in [5.74, 6) is 1.33. The Labute approximate surface area is 388 Å². The van der Waals surface area contributed by atoms with Gasteiger partial charge in [0.05, 0.1) is 6.42 Å². The van der Waals surface area contributed by atoms with E-state index in [-0.39, 0.29) is 59.8 Å². The number of aryl methyl sites for hydroxylation is 4. The van der Waals surface area contributed by atoms with Gasteiger partial charge in [-0.3, -0.25) is 4.79 Å². The van der Waals surface area contributed by atoms with Gasteiger partial charge in [0.2, 0.25) is 26.0 Å². The number of anilines is 2. The summed E-state index contributed by atoms with van der Waals surface area (Å²) in [5, 5.41) is 6.00. The quantitative estimate of drug-likeness (QED) is 0.110. The molecular formula is C49H60N6O9S2. The van der Waals surface area contributed by atoms with Crippen molar-refractivity contribution in [2.45, 2.75) is 70.3 Å². The van der Waals surface area contributed by atoms with Crippen molar-refractivity contribution in [2.24, 2.45) is 0 Å². The molecule has 5 aromatic carbocycles. The lowest BCUT2D eigenvalue weighted by molar-refractivity contribution is -0.115. The molecule has 352 valence electrons. The van der Waals surface area contributed by atoms with E-state index in [4.69, 9.17) is 19.9 Å². The van der Waals surface area contributed by atoms with Gasteiger partial charge in [-0.15, -0.1) is 0 Å². The Morgan fingerprint density at radius 1 is 0.636 bits per heavy atom. The van der Waals surface area contributed by atoms with Crippen LogP contribution in [0.5, 0.6) is 23.0 Å².